The van der Waals surface area contributed by atoms with Crippen molar-refractivity contribution in [2.45, 2.75) is 24.8 Å². The molecule has 0 amide bonds. The van der Waals surface area contributed by atoms with Crippen LogP contribution in [0.3, 0.4) is 0 Å². The summed E-state index contributed by atoms with van der Waals surface area (Å²) in [7, 11) is 1.68. The molecular weight excluding hydrogens is 498 g/mol. The molecule has 1 aliphatic heterocycles. The van der Waals surface area contributed by atoms with Gasteiger partial charge in [0.1, 0.15) is 17.1 Å². The van der Waals surface area contributed by atoms with Crippen molar-refractivity contribution in [2.24, 2.45) is 5.73 Å². The number of fused-ring (bicyclic) bond motifs is 1. The SMILES string of the molecule is COc1cccc(-c2nc3ccc(-c4cccc(N5CCOCC5)c4)nc3n2-c2ccc(C3(N)CCC3)cc2)c1. The molecular formula is C33H33N5O2. The molecule has 1 saturated heterocycles. The normalized spacial score (nSPS) is 16.6. The van der Waals surface area contributed by atoms with Gasteiger partial charge in [0.15, 0.2) is 5.65 Å². The molecule has 0 unspecified atom stereocenters. The molecule has 2 aliphatic rings. The first-order chi connectivity index (χ1) is 19.6. The molecule has 0 radical (unpaired) electrons. The Hall–Kier alpha value is -4.20. The predicted molar refractivity (Wildman–Crippen MR) is 159 cm³/mol. The number of morpholine rings is 1. The van der Waals surface area contributed by atoms with Crippen molar-refractivity contribution < 1.29 is 9.47 Å². The largest absolute Gasteiger partial charge is 0.497 e. The maximum absolute atomic E-state index is 6.63. The molecule has 0 bridgehead atoms. The van der Waals surface area contributed by atoms with Crippen molar-refractivity contribution in [2.75, 3.05) is 38.3 Å². The van der Waals surface area contributed by atoms with Gasteiger partial charge in [0.25, 0.3) is 0 Å². The zero-order valence-corrected chi connectivity index (χ0v) is 22.7. The lowest BCUT2D eigenvalue weighted by atomic mass is 9.73. The number of nitrogens with zero attached hydrogens (tertiary/aromatic N) is 4. The lowest BCUT2D eigenvalue weighted by Gasteiger charge is -2.38. The minimum absolute atomic E-state index is 0.206. The standard InChI is InChI=1S/C33H33N5O2/c1-39-28-8-3-6-24(22-28)31-36-30-14-13-29(23-5-2-7-27(21-23)37-17-19-40-20-18-37)35-32(30)38(31)26-11-9-25(10-12-26)33(34)15-4-16-33/h2-3,5-14,21-22H,4,15-20,34H2,1H3. The fourth-order valence-electron chi connectivity index (χ4n) is 5.79. The highest BCUT2D eigenvalue weighted by Crippen LogP contribution is 2.39. The van der Waals surface area contributed by atoms with Crippen molar-refractivity contribution in [3.63, 3.8) is 0 Å². The summed E-state index contributed by atoms with van der Waals surface area (Å²) in [6.45, 7) is 3.30. The predicted octanol–water partition coefficient (Wildman–Crippen LogP) is 5.94. The number of imidazole rings is 1. The van der Waals surface area contributed by atoms with E-state index in [-0.39, 0.29) is 5.54 Å². The quantitative estimate of drug-likeness (QED) is 0.292. The molecule has 202 valence electrons. The van der Waals surface area contributed by atoms with Gasteiger partial charge in [-0.3, -0.25) is 4.57 Å². The van der Waals surface area contributed by atoms with Crippen LogP contribution in [0.4, 0.5) is 5.69 Å². The highest BCUT2D eigenvalue weighted by Gasteiger charge is 2.34. The summed E-state index contributed by atoms with van der Waals surface area (Å²) in [5.74, 6) is 1.61. The second-order valence-electron chi connectivity index (χ2n) is 10.7. The van der Waals surface area contributed by atoms with Crippen LogP contribution in [0.5, 0.6) is 5.75 Å². The van der Waals surface area contributed by atoms with Gasteiger partial charge in [0.2, 0.25) is 0 Å². The first-order valence-corrected chi connectivity index (χ1v) is 14.0. The first-order valence-electron chi connectivity index (χ1n) is 14.0. The van der Waals surface area contributed by atoms with Gasteiger partial charge in [0.05, 0.1) is 26.0 Å². The number of anilines is 1. The lowest BCUT2D eigenvalue weighted by Crippen LogP contribution is -2.43. The molecule has 0 spiro atoms. The van der Waals surface area contributed by atoms with Crippen molar-refractivity contribution >= 4 is 16.9 Å². The Morgan fingerprint density at radius 1 is 0.825 bits per heavy atom. The number of benzene rings is 3. The van der Waals surface area contributed by atoms with Crippen LogP contribution in [0.1, 0.15) is 24.8 Å². The maximum atomic E-state index is 6.63. The third-order valence-corrected chi connectivity index (χ3v) is 8.30. The van der Waals surface area contributed by atoms with Crippen molar-refractivity contribution in [1.82, 2.24) is 14.5 Å². The number of rotatable bonds is 6. The molecule has 2 aromatic heterocycles. The summed E-state index contributed by atoms with van der Waals surface area (Å²) in [4.78, 5) is 12.6. The van der Waals surface area contributed by atoms with Crippen LogP contribution < -0.4 is 15.4 Å². The van der Waals surface area contributed by atoms with E-state index in [4.69, 9.17) is 25.2 Å². The molecule has 2 fully saturated rings. The second-order valence-corrected chi connectivity index (χ2v) is 10.7. The fraction of sp³-hybridized carbons (Fsp3) is 0.273. The van der Waals surface area contributed by atoms with E-state index in [1.54, 1.807) is 7.11 Å². The van der Waals surface area contributed by atoms with Crippen LogP contribution in [0.2, 0.25) is 0 Å². The molecule has 1 aliphatic carbocycles. The molecule has 1 saturated carbocycles. The van der Waals surface area contributed by atoms with Gasteiger partial charge in [-0.25, -0.2) is 9.97 Å². The van der Waals surface area contributed by atoms with E-state index in [1.807, 2.05) is 18.2 Å². The summed E-state index contributed by atoms with van der Waals surface area (Å²) < 4.78 is 13.2. The Kier molecular flexibility index (Phi) is 6.25. The van der Waals surface area contributed by atoms with Crippen molar-refractivity contribution in [3.8, 4) is 34.1 Å². The number of hydrogen-bond acceptors (Lipinski definition) is 6. The number of aromatic nitrogens is 3. The molecule has 3 heterocycles. The van der Waals surface area contributed by atoms with E-state index in [0.29, 0.717) is 0 Å². The highest BCUT2D eigenvalue weighted by molar-refractivity contribution is 5.83. The summed E-state index contributed by atoms with van der Waals surface area (Å²) >= 11 is 0. The Morgan fingerprint density at radius 2 is 1.60 bits per heavy atom. The van der Waals surface area contributed by atoms with Crippen LogP contribution in [-0.4, -0.2) is 47.9 Å². The average molecular weight is 532 g/mol. The van der Waals surface area contributed by atoms with Crippen LogP contribution in [0, 0.1) is 0 Å². The van der Waals surface area contributed by atoms with Crippen LogP contribution in [0.15, 0.2) is 84.9 Å². The van der Waals surface area contributed by atoms with Gasteiger partial charge in [0, 0.05) is 41.1 Å². The zero-order chi connectivity index (χ0) is 27.1. The lowest BCUT2D eigenvalue weighted by molar-refractivity contribution is 0.122. The zero-order valence-electron chi connectivity index (χ0n) is 22.7. The third kappa shape index (κ3) is 4.41. The van der Waals surface area contributed by atoms with E-state index in [1.165, 1.54) is 17.7 Å². The van der Waals surface area contributed by atoms with E-state index in [2.05, 4.69) is 76.2 Å². The van der Waals surface area contributed by atoms with Gasteiger partial charge in [-0.2, -0.15) is 0 Å². The maximum Gasteiger partial charge on any atom is 0.165 e. The first kappa shape index (κ1) is 24.8. The second kappa shape index (κ2) is 10.1. The number of nitrogens with two attached hydrogens (primary N) is 1. The topological polar surface area (TPSA) is 78.4 Å². The number of methoxy groups -OCH3 is 1. The summed E-state index contributed by atoms with van der Waals surface area (Å²) in [6, 6.07) is 29.3. The molecule has 7 heteroatoms. The summed E-state index contributed by atoms with van der Waals surface area (Å²) in [6.07, 6.45) is 3.25. The van der Waals surface area contributed by atoms with Gasteiger partial charge in [-0.1, -0.05) is 36.4 Å². The van der Waals surface area contributed by atoms with Gasteiger partial charge < -0.3 is 20.1 Å². The molecule has 5 aromatic rings. The Bertz CT molecular complexity index is 1670. The van der Waals surface area contributed by atoms with E-state index in [9.17, 15) is 0 Å². The molecule has 2 N–H and O–H groups in total. The number of hydrogen-bond donors (Lipinski definition) is 1. The van der Waals surface area contributed by atoms with Gasteiger partial charge in [-0.15, -0.1) is 0 Å². The van der Waals surface area contributed by atoms with Gasteiger partial charge >= 0.3 is 0 Å². The molecule has 3 aromatic carbocycles. The number of pyridine rings is 1. The van der Waals surface area contributed by atoms with Crippen LogP contribution >= 0.6 is 0 Å². The highest BCUT2D eigenvalue weighted by atomic mass is 16.5. The monoisotopic (exact) mass is 531 g/mol. The Labute approximate surface area is 234 Å². The minimum Gasteiger partial charge on any atom is -0.497 e. The van der Waals surface area contributed by atoms with E-state index < -0.39 is 0 Å². The van der Waals surface area contributed by atoms with Crippen LogP contribution in [-0.2, 0) is 10.3 Å². The minimum atomic E-state index is -0.206. The third-order valence-electron chi connectivity index (χ3n) is 8.30. The molecule has 7 nitrogen and oxygen atoms in total. The molecule has 40 heavy (non-hydrogen) atoms. The smallest absolute Gasteiger partial charge is 0.165 e. The van der Waals surface area contributed by atoms with E-state index in [0.717, 1.165) is 84.4 Å². The summed E-state index contributed by atoms with van der Waals surface area (Å²) in [5, 5.41) is 0. The van der Waals surface area contributed by atoms with Gasteiger partial charge in [-0.05, 0) is 73.4 Å². The fourth-order valence-corrected chi connectivity index (χ4v) is 5.79. The van der Waals surface area contributed by atoms with Crippen molar-refractivity contribution in [1.29, 1.82) is 0 Å². The van der Waals surface area contributed by atoms with Crippen LogP contribution in [0.25, 0.3) is 39.5 Å². The molecule has 7 rings (SSSR count). The Morgan fingerprint density at radius 3 is 2.35 bits per heavy atom. The van der Waals surface area contributed by atoms with Crippen molar-refractivity contribution in [3.05, 3.63) is 90.5 Å². The summed E-state index contributed by atoms with van der Waals surface area (Å²) in [5.41, 5.74) is 14.4. The Balaban J connectivity index is 1.36. The molecule has 0 atom stereocenters. The van der Waals surface area contributed by atoms with E-state index >= 15 is 0 Å². The number of ether oxygens (including phenoxy) is 2. The average Bonchev–Trinajstić information content (AvgIpc) is 3.39.